The molecule has 0 amide bonds. The summed E-state index contributed by atoms with van der Waals surface area (Å²) in [6.07, 6.45) is 11.8. The molecular weight excluding hydrogens is 255 g/mol. The fourth-order valence-corrected chi connectivity index (χ4v) is 3.20. The molecule has 0 N–H and O–H groups in total. The van der Waals surface area contributed by atoms with Crippen LogP contribution in [0.15, 0.2) is 0 Å². The first-order valence-electron chi connectivity index (χ1n) is 7.13. The lowest BCUT2D eigenvalue weighted by atomic mass is 10.0. The molecule has 0 aliphatic carbocycles. The second-order valence-electron chi connectivity index (χ2n) is 5.21. The summed E-state index contributed by atoms with van der Waals surface area (Å²) in [5.41, 5.74) is 0. The summed E-state index contributed by atoms with van der Waals surface area (Å²) in [5, 5.41) is 0. The van der Waals surface area contributed by atoms with Crippen molar-refractivity contribution in [2.45, 2.75) is 81.6 Å². The average Bonchev–Trinajstić information content (AvgIpc) is 2.26. The summed E-state index contributed by atoms with van der Waals surface area (Å²) in [6.45, 7) is 2.99. The van der Waals surface area contributed by atoms with Gasteiger partial charge in [0.15, 0.2) is 0 Å². The Morgan fingerprint density at radius 3 is 2.41 bits per heavy atom. The van der Waals surface area contributed by atoms with E-state index in [1.54, 1.807) is 0 Å². The van der Waals surface area contributed by atoms with Crippen LogP contribution in [0.25, 0.3) is 0 Å². The molecule has 0 radical (unpaired) electrons. The molecule has 1 heterocycles. The van der Waals surface area contributed by atoms with Gasteiger partial charge in [0.1, 0.15) is 4.33 Å². The predicted molar refractivity (Wildman–Crippen MR) is 76.0 cm³/mol. The van der Waals surface area contributed by atoms with Crippen molar-refractivity contribution in [1.82, 2.24) is 0 Å². The zero-order valence-electron chi connectivity index (χ0n) is 11.0. The molecule has 0 aromatic heterocycles. The van der Waals surface area contributed by atoms with Gasteiger partial charge in [0.2, 0.25) is 0 Å². The van der Waals surface area contributed by atoms with Crippen LogP contribution < -0.4 is 0 Å². The van der Waals surface area contributed by atoms with Crippen LogP contribution in [-0.4, -0.2) is 17.0 Å². The Morgan fingerprint density at radius 2 is 1.71 bits per heavy atom. The smallest absolute Gasteiger partial charge is 0.120 e. The van der Waals surface area contributed by atoms with Gasteiger partial charge < -0.3 is 4.74 Å². The SMILES string of the molecule is CCCC(Cl)(Cl)CC1CCCCCCCCO1. The van der Waals surface area contributed by atoms with E-state index in [9.17, 15) is 0 Å². The van der Waals surface area contributed by atoms with Crippen molar-refractivity contribution in [2.24, 2.45) is 0 Å². The van der Waals surface area contributed by atoms with Gasteiger partial charge in [-0.05, 0) is 19.3 Å². The highest BCUT2D eigenvalue weighted by Gasteiger charge is 2.27. The Morgan fingerprint density at radius 1 is 1.06 bits per heavy atom. The van der Waals surface area contributed by atoms with Crippen molar-refractivity contribution >= 4 is 23.2 Å². The number of hydrogen-bond donors (Lipinski definition) is 0. The molecule has 0 saturated carbocycles. The van der Waals surface area contributed by atoms with E-state index < -0.39 is 4.33 Å². The fraction of sp³-hybridized carbons (Fsp3) is 1.00. The van der Waals surface area contributed by atoms with E-state index in [-0.39, 0.29) is 6.10 Å². The third kappa shape index (κ3) is 7.54. The molecule has 0 aromatic carbocycles. The lowest BCUT2D eigenvalue weighted by Crippen LogP contribution is -2.25. The summed E-state index contributed by atoms with van der Waals surface area (Å²) < 4.78 is 5.34. The maximum atomic E-state index is 6.32. The molecule has 102 valence electrons. The highest BCUT2D eigenvalue weighted by atomic mass is 35.5. The van der Waals surface area contributed by atoms with E-state index in [0.29, 0.717) is 0 Å². The van der Waals surface area contributed by atoms with E-state index in [0.717, 1.165) is 32.3 Å². The minimum absolute atomic E-state index is 0.259. The predicted octanol–water partition coefficient (Wildman–Crippen LogP) is 5.48. The Kier molecular flexibility index (Phi) is 7.90. The molecule has 0 bridgehead atoms. The van der Waals surface area contributed by atoms with Crippen LogP contribution in [0.4, 0.5) is 0 Å². The molecule has 1 rings (SSSR count). The van der Waals surface area contributed by atoms with Crippen LogP contribution in [0.1, 0.15) is 71.1 Å². The maximum absolute atomic E-state index is 6.32. The molecule has 1 aliphatic rings. The van der Waals surface area contributed by atoms with Crippen molar-refractivity contribution in [1.29, 1.82) is 0 Å². The van der Waals surface area contributed by atoms with Gasteiger partial charge in [-0.15, -0.1) is 23.2 Å². The van der Waals surface area contributed by atoms with Crippen LogP contribution >= 0.6 is 23.2 Å². The quantitative estimate of drug-likeness (QED) is 0.620. The van der Waals surface area contributed by atoms with Crippen molar-refractivity contribution in [3.63, 3.8) is 0 Å². The van der Waals surface area contributed by atoms with Crippen LogP contribution in [0.2, 0.25) is 0 Å². The summed E-state index contributed by atoms with van der Waals surface area (Å²) in [7, 11) is 0. The maximum Gasteiger partial charge on any atom is 0.120 e. The summed E-state index contributed by atoms with van der Waals surface area (Å²) in [6, 6.07) is 0. The number of hydrogen-bond acceptors (Lipinski definition) is 1. The Balaban J connectivity index is 2.36. The minimum Gasteiger partial charge on any atom is -0.378 e. The first-order chi connectivity index (χ1) is 8.14. The van der Waals surface area contributed by atoms with E-state index in [1.165, 1.54) is 38.5 Å². The highest BCUT2D eigenvalue weighted by Crippen LogP contribution is 2.34. The summed E-state index contributed by atoms with van der Waals surface area (Å²) in [4.78, 5) is 0. The highest BCUT2D eigenvalue weighted by molar-refractivity contribution is 6.48. The molecule has 1 fully saturated rings. The van der Waals surface area contributed by atoms with E-state index in [4.69, 9.17) is 27.9 Å². The minimum atomic E-state index is -0.594. The third-order valence-corrected chi connectivity index (χ3v) is 4.10. The van der Waals surface area contributed by atoms with Gasteiger partial charge in [0.05, 0.1) is 6.10 Å². The number of alkyl halides is 2. The lowest BCUT2D eigenvalue weighted by molar-refractivity contribution is 0.0323. The molecule has 3 heteroatoms. The number of halogens is 2. The molecule has 0 aromatic rings. The van der Waals surface area contributed by atoms with Crippen LogP contribution in [0.5, 0.6) is 0 Å². The van der Waals surface area contributed by atoms with Gasteiger partial charge in [-0.25, -0.2) is 0 Å². The fourth-order valence-electron chi connectivity index (χ4n) is 2.48. The van der Waals surface area contributed by atoms with Crippen LogP contribution in [-0.2, 0) is 4.74 Å². The van der Waals surface area contributed by atoms with Crippen LogP contribution in [0, 0.1) is 0 Å². The Bertz CT molecular complexity index is 185. The first-order valence-corrected chi connectivity index (χ1v) is 7.89. The Labute approximate surface area is 116 Å². The van der Waals surface area contributed by atoms with Crippen LogP contribution in [0.3, 0.4) is 0 Å². The second kappa shape index (κ2) is 8.61. The Hall–Kier alpha value is 0.540. The summed E-state index contributed by atoms with van der Waals surface area (Å²) in [5.74, 6) is 0. The van der Waals surface area contributed by atoms with Crippen molar-refractivity contribution in [2.75, 3.05) is 6.61 Å². The molecular formula is C14H26Cl2O. The van der Waals surface area contributed by atoms with Gasteiger partial charge in [-0.1, -0.05) is 45.4 Å². The van der Waals surface area contributed by atoms with Crippen molar-refractivity contribution < 1.29 is 4.74 Å². The molecule has 1 saturated heterocycles. The first kappa shape index (κ1) is 15.6. The molecule has 1 aliphatic heterocycles. The molecule has 17 heavy (non-hydrogen) atoms. The molecule has 1 atom stereocenters. The van der Waals surface area contributed by atoms with Gasteiger partial charge in [0.25, 0.3) is 0 Å². The lowest BCUT2D eigenvalue weighted by Gasteiger charge is -2.26. The standard InChI is InChI=1S/C14H26Cl2O/c1-2-10-14(15,16)12-13-9-7-5-3-4-6-8-11-17-13/h13H,2-12H2,1H3. The largest absolute Gasteiger partial charge is 0.378 e. The zero-order valence-corrected chi connectivity index (χ0v) is 12.5. The molecule has 1 nitrogen and oxygen atoms in total. The van der Waals surface area contributed by atoms with Gasteiger partial charge in [0, 0.05) is 13.0 Å². The average molecular weight is 281 g/mol. The van der Waals surface area contributed by atoms with Gasteiger partial charge in [-0.3, -0.25) is 0 Å². The summed E-state index contributed by atoms with van der Waals surface area (Å²) >= 11 is 12.6. The number of rotatable bonds is 4. The van der Waals surface area contributed by atoms with Crippen molar-refractivity contribution in [3.05, 3.63) is 0 Å². The third-order valence-electron chi connectivity index (χ3n) is 3.42. The van der Waals surface area contributed by atoms with E-state index in [1.807, 2.05) is 0 Å². The van der Waals surface area contributed by atoms with Crippen molar-refractivity contribution in [3.8, 4) is 0 Å². The molecule has 0 spiro atoms. The monoisotopic (exact) mass is 280 g/mol. The normalized spacial score (nSPS) is 24.5. The van der Waals surface area contributed by atoms with E-state index in [2.05, 4.69) is 6.92 Å². The topological polar surface area (TPSA) is 9.23 Å². The number of ether oxygens (including phenoxy) is 1. The second-order valence-corrected chi connectivity index (χ2v) is 6.85. The zero-order chi connectivity index (χ0) is 12.6. The van der Waals surface area contributed by atoms with Gasteiger partial charge >= 0.3 is 0 Å². The van der Waals surface area contributed by atoms with Gasteiger partial charge in [-0.2, -0.15) is 0 Å². The molecule has 1 unspecified atom stereocenters. The van der Waals surface area contributed by atoms with E-state index >= 15 is 0 Å².